The minimum Gasteiger partial charge on any atom is -0.463 e. The quantitative estimate of drug-likeness (QED) is 0.596. The number of ether oxygens (including phenoxy) is 1. The van der Waals surface area contributed by atoms with Crippen LogP contribution in [0.3, 0.4) is 0 Å². The van der Waals surface area contributed by atoms with Gasteiger partial charge < -0.3 is 20.7 Å². The van der Waals surface area contributed by atoms with Gasteiger partial charge in [0.1, 0.15) is 5.69 Å². The summed E-state index contributed by atoms with van der Waals surface area (Å²) in [5.41, 5.74) is 9.58. The number of nitrogen functional groups attached to an aromatic ring is 1. The summed E-state index contributed by atoms with van der Waals surface area (Å²) in [7, 11) is 0. The molecule has 1 amide bonds. The van der Waals surface area contributed by atoms with Crippen LogP contribution in [0.2, 0.25) is 0 Å². The van der Waals surface area contributed by atoms with Gasteiger partial charge in [0.15, 0.2) is 11.6 Å². The lowest BCUT2D eigenvalue weighted by molar-refractivity contribution is -0.115. The van der Waals surface area contributed by atoms with Gasteiger partial charge in [0.25, 0.3) is 0 Å². The van der Waals surface area contributed by atoms with Crippen LogP contribution >= 0.6 is 0 Å². The lowest BCUT2D eigenvalue weighted by Crippen LogP contribution is -2.39. The Bertz CT molecular complexity index is 1040. The third kappa shape index (κ3) is 4.36. The standard InChI is InChI=1S/C25H34N6O2/c1-4-5-9-33-24-28-22(26)21-23(29-24)31(15-20(32)27-21)12-17-8-6-7-16(10-17)11-30-13-18-19(14-30)25(18,2)3/h6-8,10,18-19H,4-5,9,11-15H2,1-3H3,(H,27,32)(H2,26,28,29). The normalized spacial score (nSPS) is 23.1. The maximum atomic E-state index is 12.4. The van der Waals surface area contributed by atoms with Crippen LogP contribution in [0.5, 0.6) is 6.01 Å². The number of carbonyl (C=O) groups is 1. The summed E-state index contributed by atoms with van der Waals surface area (Å²) in [6.45, 7) is 11.6. The molecule has 33 heavy (non-hydrogen) atoms. The van der Waals surface area contributed by atoms with Crippen molar-refractivity contribution in [2.24, 2.45) is 17.3 Å². The average molecular weight is 451 g/mol. The zero-order valence-electron chi connectivity index (χ0n) is 19.8. The summed E-state index contributed by atoms with van der Waals surface area (Å²) in [6, 6.07) is 8.89. The van der Waals surface area contributed by atoms with Gasteiger partial charge >= 0.3 is 6.01 Å². The number of benzene rings is 1. The highest BCUT2D eigenvalue weighted by molar-refractivity contribution is 6.03. The summed E-state index contributed by atoms with van der Waals surface area (Å²) in [5.74, 6) is 2.42. The smallest absolute Gasteiger partial charge is 0.320 e. The fraction of sp³-hybridized carbons (Fsp3) is 0.560. The molecule has 1 aliphatic carbocycles. The van der Waals surface area contributed by atoms with Crippen molar-refractivity contribution in [3.63, 3.8) is 0 Å². The van der Waals surface area contributed by atoms with Gasteiger partial charge in [-0.05, 0) is 34.8 Å². The van der Waals surface area contributed by atoms with Crippen LogP contribution in [0, 0.1) is 17.3 Å². The molecule has 2 fully saturated rings. The van der Waals surface area contributed by atoms with Crippen molar-refractivity contribution in [1.29, 1.82) is 0 Å². The first kappa shape index (κ1) is 21.9. The van der Waals surface area contributed by atoms with Crippen LogP contribution in [0.4, 0.5) is 17.3 Å². The van der Waals surface area contributed by atoms with E-state index in [-0.39, 0.29) is 24.3 Å². The van der Waals surface area contributed by atoms with E-state index >= 15 is 0 Å². The number of carbonyl (C=O) groups excluding carboxylic acids is 1. The fourth-order valence-electron chi connectivity index (χ4n) is 5.37. The molecule has 176 valence electrons. The van der Waals surface area contributed by atoms with E-state index in [1.165, 1.54) is 18.7 Å². The number of piperidine rings is 1. The van der Waals surface area contributed by atoms with Gasteiger partial charge in [-0.15, -0.1) is 0 Å². The third-order valence-electron chi connectivity index (χ3n) is 7.49. The first-order valence-corrected chi connectivity index (χ1v) is 12.0. The summed E-state index contributed by atoms with van der Waals surface area (Å²) in [5, 5.41) is 2.82. The predicted molar refractivity (Wildman–Crippen MR) is 129 cm³/mol. The van der Waals surface area contributed by atoms with E-state index < -0.39 is 0 Å². The molecule has 3 N–H and O–H groups in total. The number of likely N-dealkylation sites (tertiary alicyclic amines) is 1. The largest absolute Gasteiger partial charge is 0.463 e. The summed E-state index contributed by atoms with van der Waals surface area (Å²) >= 11 is 0. The summed E-state index contributed by atoms with van der Waals surface area (Å²) in [6.07, 6.45) is 1.94. The molecule has 2 aromatic rings. The average Bonchev–Trinajstić information content (AvgIpc) is 3.09. The second-order valence-corrected chi connectivity index (χ2v) is 10.2. The zero-order chi connectivity index (χ0) is 23.2. The highest BCUT2D eigenvalue weighted by Crippen LogP contribution is 2.62. The maximum Gasteiger partial charge on any atom is 0.320 e. The van der Waals surface area contributed by atoms with Gasteiger partial charge in [-0.2, -0.15) is 9.97 Å². The van der Waals surface area contributed by atoms with E-state index in [0.717, 1.165) is 36.8 Å². The Labute approximate surface area is 195 Å². The maximum absolute atomic E-state index is 12.4. The number of unbranched alkanes of at least 4 members (excludes halogenated alkanes) is 1. The Morgan fingerprint density at radius 1 is 1.18 bits per heavy atom. The molecule has 8 nitrogen and oxygen atoms in total. The van der Waals surface area contributed by atoms with E-state index in [2.05, 4.69) is 65.2 Å². The number of hydrogen-bond donors (Lipinski definition) is 2. The number of fused-ring (bicyclic) bond motifs is 2. The van der Waals surface area contributed by atoms with E-state index in [0.29, 0.717) is 30.1 Å². The van der Waals surface area contributed by atoms with Crippen molar-refractivity contribution >= 4 is 23.2 Å². The molecule has 2 aliphatic heterocycles. The molecule has 3 aliphatic rings. The molecule has 3 heterocycles. The minimum atomic E-state index is -0.118. The number of aromatic nitrogens is 2. The molecule has 0 spiro atoms. The Morgan fingerprint density at radius 3 is 2.64 bits per heavy atom. The van der Waals surface area contributed by atoms with Gasteiger partial charge in [0, 0.05) is 26.2 Å². The Kier molecular flexibility index (Phi) is 5.64. The van der Waals surface area contributed by atoms with Crippen molar-refractivity contribution in [3.8, 4) is 6.01 Å². The summed E-state index contributed by atoms with van der Waals surface area (Å²) in [4.78, 5) is 25.7. The van der Waals surface area contributed by atoms with Crippen LogP contribution in [0.15, 0.2) is 24.3 Å². The van der Waals surface area contributed by atoms with E-state index in [4.69, 9.17) is 10.5 Å². The molecule has 1 aromatic heterocycles. The van der Waals surface area contributed by atoms with Crippen molar-refractivity contribution in [2.75, 3.05) is 42.2 Å². The molecule has 0 radical (unpaired) electrons. The van der Waals surface area contributed by atoms with Crippen LogP contribution in [0.25, 0.3) is 0 Å². The van der Waals surface area contributed by atoms with Crippen LogP contribution < -0.4 is 20.7 Å². The topological polar surface area (TPSA) is 96.6 Å². The van der Waals surface area contributed by atoms with Crippen LogP contribution in [0.1, 0.15) is 44.7 Å². The van der Waals surface area contributed by atoms with Gasteiger partial charge in [-0.1, -0.05) is 51.5 Å². The van der Waals surface area contributed by atoms with Gasteiger partial charge in [-0.3, -0.25) is 9.69 Å². The Balaban J connectivity index is 1.30. The second kappa shape index (κ2) is 8.48. The molecular weight excluding hydrogens is 416 g/mol. The van der Waals surface area contributed by atoms with Crippen molar-refractivity contribution in [2.45, 2.75) is 46.7 Å². The van der Waals surface area contributed by atoms with Crippen molar-refractivity contribution in [3.05, 3.63) is 35.4 Å². The predicted octanol–water partition coefficient (Wildman–Crippen LogP) is 3.28. The lowest BCUT2D eigenvalue weighted by atomic mass is 10.1. The molecule has 1 saturated carbocycles. The van der Waals surface area contributed by atoms with E-state index in [1.54, 1.807) is 0 Å². The molecule has 2 atom stereocenters. The highest BCUT2D eigenvalue weighted by Gasteiger charge is 2.61. The molecule has 5 rings (SSSR count). The fourth-order valence-corrected chi connectivity index (χ4v) is 5.37. The summed E-state index contributed by atoms with van der Waals surface area (Å²) < 4.78 is 5.69. The minimum absolute atomic E-state index is 0.118. The molecule has 1 aromatic carbocycles. The molecule has 8 heteroatoms. The first-order valence-electron chi connectivity index (χ1n) is 12.0. The first-order chi connectivity index (χ1) is 15.8. The van der Waals surface area contributed by atoms with Crippen LogP contribution in [-0.2, 0) is 17.9 Å². The number of anilines is 3. The molecule has 2 unspecified atom stereocenters. The van der Waals surface area contributed by atoms with E-state index in [9.17, 15) is 4.79 Å². The number of nitrogens with zero attached hydrogens (tertiary/aromatic N) is 4. The number of hydrogen-bond acceptors (Lipinski definition) is 7. The second-order valence-electron chi connectivity index (χ2n) is 10.2. The Morgan fingerprint density at radius 2 is 1.91 bits per heavy atom. The molecule has 0 bridgehead atoms. The molecular formula is C25H34N6O2. The third-order valence-corrected chi connectivity index (χ3v) is 7.49. The molecule has 1 saturated heterocycles. The zero-order valence-corrected chi connectivity index (χ0v) is 19.8. The Hall–Kier alpha value is -2.87. The van der Waals surface area contributed by atoms with Crippen molar-refractivity contribution in [1.82, 2.24) is 14.9 Å². The SMILES string of the molecule is CCCCOc1nc(N)c2c(n1)N(Cc1cccc(CN3CC4C(C3)C4(C)C)c1)CC(=O)N2. The van der Waals surface area contributed by atoms with Gasteiger partial charge in [0.05, 0.1) is 13.2 Å². The number of nitrogens with one attached hydrogen (secondary N) is 1. The number of rotatable bonds is 8. The highest BCUT2D eigenvalue weighted by atomic mass is 16.5. The van der Waals surface area contributed by atoms with Gasteiger partial charge in [0.2, 0.25) is 5.91 Å². The lowest BCUT2D eigenvalue weighted by Gasteiger charge is -2.30. The number of amides is 1. The van der Waals surface area contributed by atoms with Crippen LogP contribution in [-0.4, -0.2) is 47.0 Å². The van der Waals surface area contributed by atoms with E-state index in [1.807, 2.05) is 4.90 Å². The van der Waals surface area contributed by atoms with Crippen molar-refractivity contribution < 1.29 is 9.53 Å². The van der Waals surface area contributed by atoms with Gasteiger partial charge in [-0.25, -0.2) is 0 Å². The monoisotopic (exact) mass is 450 g/mol. The number of nitrogens with two attached hydrogens (primary N) is 1.